The van der Waals surface area contributed by atoms with E-state index in [9.17, 15) is 14.9 Å². The first-order chi connectivity index (χ1) is 16.7. The van der Waals surface area contributed by atoms with Gasteiger partial charge in [-0.1, -0.05) is 47.1 Å². The quantitative estimate of drug-likeness (QED) is 0.360. The number of nitrogens with zero attached hydrogens (tertiary/aromatic N) is 1. The van der Waals surface area contributed by atoms with Gasteiger partial charge in [-0.15, -0.1) is 0 Å². The van der Waals surface area contributed by atoms with Gasteiger partial charge in [0.05, 0.1) is 11.5 Å². The van der Waals surface area contributed by atoms with Gasteiger partial charge in [-0.2, -0.15) is 5.26 Å². The predicted octanol–water partition coefficient (Wildman–Crippen LogP) is 7.28. The molecule has 4 nitrogen and oxygen atoms in total. The second-order valence-electron chi connectivity index (χ2n) is 14.8. The van der Waals surface area contributed by atoms with Crippen molar-refractivity contribution in [2.24, 2.45) is 56.7 Å². The van der Waals surface area contributed by atoms with Gasteiger partial charge >= 0.3 is 5.97 Å². The minimum Gasteiger partial charge on any atom is -0.461 e. The zero-order valence-electron chi connectivity index (χ0n) is 23.9. The molecule has 0 amide bonds. The van der Waals surface area contributed by atoms with E-state index in [1.54, 1.807) is 0 Å². The first-order valence-electron chi connectivity index (χ1n) is 14.5. The summed E-state index contributed by atoms with van der Waals surface area (Å²) in [6.45, 7) is 18.0. The summed E-state index contributed by atoms with van der Waals surface area (Å²) in [7, 11) is 0. The summed E-state index contributed by atoms with van der Waals surface area (Å²) in [5, 5.41) is 10.4. The number of ether oxygens (including phenoxy) is 1. The van der Waals surface area contributed by atoms with Gasteiger partial charge in [-0.25, -0.2) is 0 Å². The molecule has 0 aromatic carbocycles. The van der Waals surface area contributed by atoms with Gasteiger partial charge < -0.3 is 4.74 Å². The lowest BCUT2D eigenvalue weighted by Gasteiger charge is -2.70. The summed E-state index contributed by atoms with van der Waals surface area (Å²) in [4.78, 5) is 26.3. The largest absolute Gasteiger partial charge is 0.461 e. The minimum absolute atomic E-state index is 0.00479. The van der Waals surface area contributed by atoms with Crippen LogP contribution >= 0.6 is 0 Å². The van der Waals surface area contributed by atoms with E-state index in [-0.39, 0.29) is 34.1 Å². The number of allylic oxidation sites excluding steroid dienone is 2. The lowest BCUT2D eigenvalue weighted by molar-refractivity contribution is -0.203. The normalized spacial score (nSPS) is 54.1. The fraction of sp³-hybridized carbons (Fsp3) is 0.844. The van der Waals surface area contributed by atoms with E-state index in [0.717, 1.165) is 25.7 Å². The van der Waals surface area contributed by atoms with Crippen LogP contribution in [0.1, 0.15) is 107 Å². The van der Waals surface area contributed by atoms with Gasteiger partial charge in [-0.05, 0) is 110 Å². The molecule has 4 heteroatoms. The zero-order valence-corrected chi connectivity index (χ0v) is 23.9. The summed E-state index contributed by atoms with van der Waals surface area (Å²) in [5.74, 6) is 1.69. The summed E-state index contributed by atoms with van der Waals surface area (Å²) >= 11 is 0. The number of hydrogen-bond donors (Lipinski definition) is 0. The van der Waals surface area contributed by atoms with E-state index in [1.165, 1.54) is 31.8 Å². The molecule has 0 N–H and O–H groups in total. The van der Waals surface area contributed by atoms with Crippen LogP contribution in [0.4, 0.5) is 0 Å². The van der Waals surface area contributed by atoms with Crippen molar-refractivity contribution in [2.75, 3.05) is 0 Å². The van der Waals surface area contributed by atoms with E-state index in [4.69, 9.17) is 4.74 Å². The van der Waals surface area contributed by atoms with E-state index in [2.05, 4.69) is 53.7 Å². The van der Waals surface area contributed by atoms with Crippen LogP contribution in [-0.4, -0.2) is 17.9 Å². The fourth-order valence-electron chi connectivity index (χ4n) is 10.9. The molecule has 11 atom stereocenters. The van der Waals surface area contributed by atoms with Crippen LogP contribution < -0.4 is 0 Å². The lowest BCUT2D eigenvalue weighted by atomic mass is 9.33. The SMILES string of the molecule is CC(=O)OC1CC[C@@]2(C)[C@@H](CC[C@]3(C)[C@@H]2C(=O)C=C2[C@@H]4[C@@H](C)[C@H](C)CC[C@]4(C)CC[C@]23C)[C@@]1(C)C#N. The minimum atomic E-state index is -0.774. The molecule has 0 aliphatic heterocycles. The van der Waals surface area contributed by atoms with Crippen LogP contribution in [0.15, 0.2) is 11.6 Å². The zero-order chi connectivity index (χ0) is 26.5. The number of rotatable bonds is 1. The molecule has 0 aromatic rings. The second-order valence-corrected chi connectivity index (χ2v) is 14.8. The molecule has 1 unspecified atom stereocenters. The number of hydrogen-bond acceptors (Lipinski definition) is 4. The van der Waals surface area contributed by atoms with Gasteiger partial charge in [-0.3, -0.25) is 9.59 Å². The van der Waals surface area contributed by atoms with Crippen LogP contribution in [0.3, 0.4) is 0 Å². The van der Waals surface area contributed by atoms with E-state index in [1.807, 2.05) is 6.92 Å². The van der Waals surface area contributed by atoms with Crippen molar-refractivity contribution in [1.29, 1.82) is 5.26 Å². The molecule has 0 heterocycles. The Hall–Kier alpha value is -1.63. The monoisotopic (exact) mass is 493 g/mol. The number of ketones is 1. The molecule has 0 bridgehead atoms. The Kier molecular flexibility index (Phi) is 5.73. The van der Waals surface area contributed by atoms with Gasteiger partial charge in [0, 0.05) is 12.8 Å². The number of fused-ring (bicyclic) bond motifs is 7. The van der Waals surface area contributed by atoms with Gasteiger partial charge in [0.2, 0.25) is 0 Å². The summed E-state index contributed by atoms with van der Waals surface area (Å²) < 4.78 is 5.72. The van der Waals surface area contributed by atoms with Crippen molar-refractivity contribution in [2.45, 2.75) is 113 Å². The Balaban J connectivity index is 1.61. The summed E-state index contributed by atoms with van der Waals surface area (Å²) in [6.07, 6.45) is 10.0. The third-order valence-corrected chi connectivity index (χ3v) is 13.3. The molecule has 4 saturated carbocycles. The molecule has 5 aliphatic carbocycles. The average molecular weight is 494 g/mol. The van der Waals surface area contributed by atoms with E-state index in [0.29, 0.717) is 35.4 Å². The number of esters is 1. The Bertz CT molecular complexity index is 1060. The van der Waals surface area contributed by atoms with Crippen LogP contribution in [-0.2, 0) is 14.3 Å². The molecule has 0 spiro atoms. The number of carbonyl (C=O) groups excluding carboxylic acids is 2. The van der Waals surface area contributed by atoms with Crippen molar-refractivity contribution < 1.29 is 14.3 Å². The molecule has 0 radical (unpaired) electrons. The lowest BCUT2D eigenvalue weighted by Crippen LogP contribution is -2.67. The Labute approximate surface area is 218 Å². The first-order valence-corrected chi connectivity index (χ1v) is 14.5. The van der Waals surface area contributed by atoms with Gasteiger partial charge in [0.15, 0.2) is 5.78 Å². The second kappa shape index (κ2) is 7.94. The van der Waals surface area contributed by atoms with Crippen molar-refractivity contribution >= 4 is 11.8 Å². The molecule has 5 rings (SSSR count). The predicted molar refractivity (Wildman–Crippen MR) is 141 cm³/mol. The van der Waals surface area contributed by atoms with E-state index >= 15 is 0 Å². The van der Waals surface area contributed by atoms with Crippen LogP contribution in [0.2, 0.25) is 0 Å². The molecule has 36 heavy (non-hydrogen) atoms. The topological polar surface area (TPSA) is 67.2 Å². The van der Waals surface area contributed by atoms with E-state index < -0.39 is 11.5 Å². The van der Waals surface area contributed by atoms with Crippen LogP contribution in [0.25, 0.3) is 0 Å². The maximum absolute atomic E-state index is 14.4. The molecular weight excluding hydrogens is 446 g/mol. The highest BCUT2D eigenvalue weighted by molar-refractivity contribution is 5.95. The van der Waals surface area contributed by atoms with Crippen molar-refractivity contribution in [1.82, 2.24) is 0 Å². The fourth-order valence-corrected chi connectivity index (χ4v) is 10.9. The number of nitriles is 1. The highest BCUT2D eigenvalue weighted by atomic mass is 16.5. The van der Waals surface area contributed by atoms with Crippen LogP contribution in [0.5, 0.6) is 0 Å². The Morgan fingerprint density at radius 3 is 2.33 bits per heavy atom. The van der Waals surface area contributed by atoms with Gasteiger partial charge in [0.25, 0.3) is 0 Å². The maximum Gasteiger partial charge on any atom is 0.302 e. The van der Waals surface area contributed by atoms with Crippen LogP contribution in [0, 0.1) is 68.0 Å². The first kappa shape index (κ1) is 26.0. The Morgan fingerprint density at radius 2 is 1.69 bits per heavy atom. The highest BCUT2D eigenvalue weighted by Gasteiger charge is 2.71. The molecular formula is C32H47NO3. The van der Waals surface area contributed by atoms with Crippen molar-refractivity contribution in [3.05, 3.63) is 11.6 Å². The maximum atomic E-state index is 14.4. The standard InChI is InChI=1S/C32H47NO3/c1-19-9-12-28(4)15-16-31(7)22(26(28)20(19)2)17-23(35)27-29(5)13-11-25(36-21(3)34)30(6,18-33)24(29)10-14-32(27,31)8/h17,19-20,24-27H,9-16H2,1-8H3/t19-,20+,24-,25?,26+,27-,28-,29+,30-,31-,32-/m1/s1. The molecule has 4 fully saturated rings. The van der Waals surface area contributed by atoms with Crippen molar-refractivity contribution in [3.8, 4) is 6.07 Å². The Morgan fingerprint density at radius 1 is 1.00 bits per heavy atom. The summed E-state index contributed by atoms with van der Waals surface area (Å²) in [6, 6.07) is 2.60. The number of carbonyl (C=O) groups is 2. The molecule has 0 aromatic heterocycles. The molecule has 0 saturated heterocycles. The van der Waals surface area contributed by atoms with Gasteiger partial charge in [0.1, 0.15) is 6.10 Å². The van der Waals surface area contributed by atoms with Crippen molar-refractivity contribution in [3.63, 3.8) is 0 Å². The summed E-state index contributed by atoms with van der Waals surface area (Å²) in [5.41, 5.74) is 0.587. The molecule has 198 valence electrons. The third-order valence-electron chi connectivity index (χ3n) is 13.3. The highest BCUT2D eigenvalue weighted by Crippen LogP contribution is 2.75. The average Bonchev–Trinajstić information content (AvgIpc) is 2.80. The molecule has 5 aliphatic rings. The smallest absolute Gasteiger partial charge is 0.302 e. The third kappa shape index (κ3) is 3.10.